The first kappa shape index (κ1) is 19.2. The predicted octanol–water partition coefficient (Wildman–Crippen LogP) is 3.17. The number of nitrogens with zero attached hydrogens (tertiary/aromatic N) is 1. The van der Waals surface area contributed by atoms with Crippen LogP contribution in [0.5, 0.6) is 0 Å². The summed E-state index contributed by atoms with van der Waals surface area (Å²) in [7, 11) is 0. The number of hydrogen-bond acceptors (Lipinski definition) is 1. The van der Waals surface area contributed by atoms with Crippen molar-refractivity contribution in [3.05, 3.63) is 13.8 Å². The number of hydrogen-bond donors (Lipinski definition) is 0. The van der Waals surface area contributed by atoms with Crippen LogP contribution in [0.3, 0.4) is 0 Å². The summed E-state index contributed by atoms with van der Waals surface area (Å²) in [6, 6.07) is 0. The van der Waals surface area contributed by atoms with Crippen molar-refractivity contribution in [2.24, 2.45) is 0 Å². The number of rotatable bonds is 5. The third-order valence-corrected chi connectivity index (χ3v) is 1.46. The van der Waals surface area contributed by atoms with Gasteiger partial charge < -0.3 is 18.7 Å². The molecular weight excluding hydrogens is 212 g/mol. The van der Waals surface area contributed by atoms with Crippen LogP contribution in [0.2, 0.25) is 0 Å². The third-order valence-electron chi connectivity index (χ3n) is 1.46. The molecule has 0 bridgehead atoms. The average Bonchev–Trinajstić information content (AvgIpc) is 2.05. The van der Waals surface area contributed by atoms with Gasteiger partial charge in [0.25, 0.3) is 0 Å². The van der Waals surface area contributed by atoms with Crippen molar-refractivity contribution in [3.63, 3.8) is 0 Å². The van der Waals surface area contributed by atoms with Gasteiger partial charge in [0.15, 0.2) is 0 Å². The summed E-state index contributed by atoms with van der Waals surface area (Å²) in [5.74, 6) is 0. The first-order valence-electron chi connectivity index (χ1n) is 5.07. The van der Waals surface area contributed by atoms with Gasteiger partial charge in [0.2, 0.25) is 0 Å². The smallest absolute Gasteiger partial charge is 0.344 e. The summed E-state index contributed by atoms with van der Waals surface area (Å²) in [6.45, 7) is 17.3. The van der Waals surface area contributed by atoms with E-state index in [2.05, 4.69) is 32.6 Å². The van der Waals surface area contributed by atoms with E-state index >= 15 is 0 Å². The van der Waals surface area contributed by atoms with Gasteiger partial charge in [-0.3, -0.25) is 0 Å². The summed E-state index contributed by atoms with van der Waals surface area (Å²) in [6.07, 6.45) is 3.29. The molecule has 0 radical (unpaired) electrons. The molecule has 0 N–H and O–H groups in total. The summed E-state index contributed by atoms with van der Waals surface area (Å²) in [5.41, 5.74) is 0. The van der Waals surface area contributed by atoms with Crippen LogP contribution in [0.1, 0.15) is 40.0 Å². The average molecular weight is 237 g/mol. The summed E-state index contributed by atoms with van der Waals surface area (Å²) in [4.78, 5) is 2.42. The molecule has 0 amide bonds. The molecule has 0 spiro atoms. The van der Waals surface area contributed by atoms with Gasteiger partial charge in [-0.05, 0) is 26.1 Å². The fourth-order valence-corrected chi connectivity index (χ4v) is 0.968. The van der Waals surface area contributed by atoms with Crippen LogP contribution in [0.4, 0.5) is 0 Å². The monoisotopic (exact) mass is 235 g/mol. The van der Waals surface area contributed by atoms with Crippen molar-refractivity contribution >= 4 is 0 Å². The molecule has 0 saturated heterocycles. The molecule has 0 rings (SSSR count). The van der Waals surface area contributed by atoms with Gasteiger partial charge >= 0.3 is 19.5 Å². The predicted molar refractivity (Wildman–Crippen MR) is 58.0 cm³/mol. The van der Waals surface area contributed by atoms with Gasteiger partial charge in [0.05, 0.1) is 0 Å². The summed E-state index contributed by atoms with van der Waals surface area (Å²) in [5, 5.41) is 0. The first-order chi connectivity index (χ1) is 5.76. The molecule has 0 aliphatic rings. The van der Waals surface area contributed by atoms with E-state index < -0.39 is 0 Å². The van der Waals surface area contributed by atoms with E-state index in [-0.39, 0.29) is 19.5 Å². The maximum Gasteiger partial charge on any atom is 2.00 e. The molecule has 2 heteroatoms. The van der Waals surface area contributed by atoms with Crippen LogP contribution in [0.15, 0.2) is 0 Å². The van der Waals surface area contributed by atoms with Crippen LogP contribution >= 0.6 is 0 Å². The molecular formula is C11H25NZn. The normalized spacial score (nSPS) is 8.77. The summed E-state index contributed by atoms with van der Waals surface area (Å²) >= 11 is 0. The van der Waals surface area contributed by atoms with Crippen LogP contribution in [0.25, 0.3) is 0 Å². The molecule has 0 heterocycles. The van der Waals surface area contributed by atoms with Crippen molar-refractivity contribution in [2.45, 2.75) is 40.0 Å². The van der Waals surface area contributed by atoms with Crippen molar-refractivity contribution in [3.8, 4) is 0 Å². The fraction of sp³-hybridized carbons (Fsp3) is 0.818. The minimum absolute atomic E-state index is 0. The van der Waals surface area contributed by atoms with E-state index in [1.165, 1.54) is 19.5 Å². The van der Waals surface area contributed by atoms with Gasteiger partial charge in [0, 0.05) is 0 Å². The Hall–Kier alpha value is 0.583. The van der Waals surface area contributed by atoms with E-state index in [1.807, 2.05) is 6.92 Å². The molecule has 0 atom stereocenters. The Morgan fingerprint density at radius 1 is 1.00 bits per heavy atom. The van der Waals surface area contributed by atoms with E-state index in [9.17, 15) is 0 Å². The van der Waals surface area contributed by atoms with Crippen molar-refractivity contribution < 1.29 is 19.5 Å². The van der Waals surface area contributed by atoms with Crippen molar-refractivity contribution in [1.82, 2.24) is 4.90 Å². The van der Waals surface area contributed by atoms with Crippen LogP contribution < -0.4 is 0 Å². The zero-order valence-electron chi connectivity index (χ0n) is 9.81. The Kier molecular flexibility index (Phi) is 27.2. The molecule has 0 aromatic carbocycles. The van der Waals surface area contributed by atoms with Crippen LogP contribution in [0, 0.1) is 13.8 Å². The van der Waals surface area contributed by atoms with Gasteiger partial charge in [-0.2, -0.15) is 12.8 Å². The van der Waals surface area contributed by atoms with E-state index in [1.54, 1.807) is 0 Å². The van der Waals surface area contributed by atoms with Gasteiger partial charge in [-0.25, -0.2) is 0 Å². The second-order valence-electron chi connectivity index (χ2n) is 2.79. The Balaban J connectivity index is -0.000000220. The quantitative estimate of drug-likeness (QED) is 0.524. The Labute approximate surface area is 98.0 Å². The second-order valence-corrected chi connectivity index (χ2v) is 2.79. The Bertz CT molecular complexity index is 61.1. The molecule has 1 nitrogen and oxygen atoms in total. The summed E-state index contributed by atoms with van der Waals surface area (Å²) < 4.78 is 0. The van der Waals surface area contributed by atoms with Crippen molar-refractivity contribution in [1.29, 1.82) is 0 Å². The largest absolute Gasteiger partial charge is 2.00 e. The molecule has 0 aliphatic carbocycles. The molecule has 0 unspecified atom stereocenters. The standard InChI is InChI=1S/C8H18N.C3H7.Zn/c1-4-7-9(6-3)8-5-2;1-3-2;/h1,4-8H2,2-3H3;1,3H2,2H3;/q2*-1;+2. The topological polar surface area (TPSA) is 3.24 Å². The van der Waals surface area contributed by atoms with Crippen LogP contribution in [-0.4, -0.2) is 24.5 Å². The van der Waals surface area contributed by atoms with Gasteiger partial charge in [-0.15, -0.1) is 0 Å². The van der Waals surface area contributed by atoms with E-state index in [0.29, 0.717) is 0 Å². The van der Waals surface area contributed by atoms with Gasteiger partial charge in [0.1, 0.15) is 0 Å². The minimum Gasteiger partial charge on any atom is -0.344 e. The molecule has 0 aliphatic heterocycles. The second kappa shape index (κ2) is 18.4. The molecule has 76 valence electrons. The fourth-order valence-electron chi connectivity index (χ4n) is 0.968. The Morgan fingerprint density at radius 2 is 1.46 bits per heavy atom. The molecule has 0 aromatic rings. The van der Waals surface area contributed by atoms with E-state index in [4.69, 9.17) is 0 Å². The van der Waals surface area contributed by atoms with Gasteiger partial charge in [-0.1, -0.05) is 20.8 Å². The maximum absolute atomic E-state index is 3.81. The zero-order valence-corrected chi connectivity index (χ0v) is 12.8. The van der Waals surface area contributed by atoms with Crippen LogP contribution in [-0.2, 0) is 19.5 Å². The molecule has 0 saturated carbocycles. The molecule has 13 heavy (non-hydrogen) atoms. The van der Waals surface area contributed by atoms with Crippen molar-refractivity contribution in [2.75, 3.05) is 19.6 Å². The van der Waals surface area contributed by atoms with E-state index in [0.717, 1.165) is 19.4 Å². The SMILES string of the molecule is [CH2-]CC.[CH2-]CCN(CC)CCC.[Zn+2]. The first-order valence-corrected chi connectivity index (χ1v) is 5.07. The Morgan fingerprint density at radius 3 is 1.69 bits per heavy atom. The zero-order chi connectivity index (χ0) is 9.82. The third kappa shape index (κ3) is 19.1. The minimum atomic E-state index is 0. The molecule has 0 aromatic heterocycles. The maximum atomic E-state index is 3.81. The molecule has 0 fully saturated rings.